The summed E-state index contributed by atoms with van der Waals surface area (Å²) in [5, 5.41) is 3.13. The summed E-state index contributed by atoms with van der Waals surface area (Å²) in [5.74, 6) is 1.27. The van der Waals surface area contributed by atoms with Gasteiger partial charge in [0.15, 0.2) is 0 Å². The zero-order chi connectivity index (χ0) is 9.80. The van der Waals surface area contributed by atoms with E-state index < -0.39 is 0 Å². The van der Waals surface area contributed by atoms with E-state index in [1.54, 1.807) is 0 Å². The number of benzene rings is 1. The van der Waals surface area contributed by atoms with Gasteiger partial charge in [-0.05, 0) is 35.8 Å². The van der Waals surface area contributed by atoms with Crippen LogP contribution in [0.1, 0.15) is 17.5 Å². The molecular weight excluding hydrogens is 214 g/mol. The molecule has 0 radical (unpaired) electrons. The molecule has 1 aliphatic rings. The van der Waals surface area contributed by atoms with Gasteiger partial charge in [0.25, 0.3) is 0 Å². The minimum atomic E-state index is 0.520. The summed E-state index contributed by atoms with van der Waals surface area (Å²) < 4.78 is 0. The fourth-order valence-electron chi connectivity index (χ4n) is 1.72. The second kappa shape index (κ2) is 5.06. The number of rotatable bonds is 3. The van der Waals surface area contributed by atoms with E-state index in [-0.39, 0.29) is 0 Å². The first kappa shape index (κ1) is 10.3. The molecule has 2 rings (SSSR count). The summed E-state index contributed by atoms with van der Waals surface area (Å²) in [6, 6.07) is 7.26. The maximum absolute atomic E-state index is 5.58. The molecule has 1 aliphatic heterocycles. The second-order valence-electron chi connectivity index (χ2n) is 3.45. The summed E-state index contributed by atoms with van der Waals surface area (Å²) in [6.07, 6.45) is 2.54. The van der Waals surface area contributed by atoms with Crippen molar-refractivity contribution in [2.45, 2.75) is 24.3 Å². The molecule has 76 valence electrons. The molecule has 1 aromatic carbocycles. The third-order valence-corrected chi connectivity index (χ3v) is 3.79. The van der Waals surface area contributed by atoms with Crippen molar-refractivity contribution in [2.75, 3.05) is 11.8 Å². The number of halogens is 1. The Morgan fingerprint density at radius 1 is 1.43 bits per heavy atom. The summed E-state index contributed by atoms with van der Waals surface area (Å²) in [4.78, 5) is 1.46. The molecule has 1 heterocycles. The van der Waals surface area contributed by atoms with Gasteiger partial charge in [-0.15, -0.1) is 23.4 Å². The molecule has 0 spiro atoms. The molecule has 0 saturated carbocycles. The minimum Gasteiger partial charge on any atom is -0.300 e. The molecule has 0 aliphatic carbocycles. The summed E-state index contributed by atoms with van der Waals surface area (Å²) >= 11 is 7.55. The van der Waals surface area contributed by atoms with Crippen LogP contribution >= 0.6 is 23.4 Å². The maximum Gasteiger partial charge on any atom is 0.0716 e. The average Bonchev–Trinajstić information content (AvgIpc) is 2.26. The van der Waals surface area contributed by atoms with Gasteiger partial charge in [-0.1, -0.05) is 12.1 Å². The Labute approximate surface area is 94.2 Å². The molecule has 0 fully saturated rings. The monoisotopic (exact) mass is 227 g/mol. The van der Waals surface area contributed by atoms with Gasteiger partial charge in [0.2, 0.25) is 0 Å². The lowest BCUT2D eigenvalue weighted by Crippen LogP contribution is -2.10. The van der Waals surface area contributed by atoms with Gasteiger partial charge in [-0.2, -0.15) is 0 Å². The van der Waals surface area contributed by atoms with Crippen molar-refractivity contribution < 1.29 is 0 Å². The molecular formula is C11H14ClNS. The van der Waals surface area contributed by atoms with Crippen LogP contribution < -0.4 is 5.32 Å². The molecule has 0 unspecified atom stereocenters. The molecule has 3 heteroatoms. The van der Waals surface area contributed by atoms with Gasteiger partial charge in [0.05, 0.1) is 6.00 Å². The second-order valence-corrected chi connectivity index (χ2v) is 4.86. The van der Waals surface area contributed by atoms with Gasteiger partial charge >= 0.3 is 0 Å². The first-order valence-corrected chi connectivity index (χ1v) is 6.43. The standard InChI is InChI=1S/C11H14ClNS/c12-8-13-7-9-3-4-11-10(6-9)2-1-5-14-11/h3-4,6,13H,1-2,5,7-8H2. The fraction of sp³-hybridized carbons (Fsp3) is 0.455. The lowest BCUT2D eigenvalue weighted by Gasteiger charge is -2.16. The first-order valence-electron chi connectivity index (χ1n) is 4.91. The Kier molecular flexibility index (Phi) is 3.74. The summed E-state index contributed by atoms with van der Waals surface area (Å²) in [5.41, 5.74) is 2.85. The first-order chi connectivity index (χ1) is 6.90. The lowest BCUT2D eigenvalue weighted by molar-refractivity contribution is 0.784. The van der Waals surface area contributed by atoms with Crippen molar-refractivity contribution in [3.8, 4) is 0 Å². The molecule has 1 N–H and O–H groups in total. The van der Waals surface area contributed by atoms with Crippen LogP contribution in [0.3, 0.4) is 0 Å². The Hall–Kier alpha value is -0.180. The average molecular weight is 228 g/mol. The third kappa shape index (κ3) is 2.44. The summed E-state index contributed by atoms with van der Waals surface area (Å²) in [7, 11) is 0. The van der Waals surface area contributed by atoms with Crippen molar-refractivity contribution in [3.05, 3.63) is 29.3 Å². The predicted molar refractivity (Wildman–Crippen MR) is 63.0 cm³/mol. The molecule has 1 nitrogen and oxygen atoms in total. The van der Waals surface area contributed by atoms with E-state index >= 15 is 0 Å². The van der Waals surface area contributed by atoms with Crippen LogP contribution in [0.2, 0.25) is 0 Å². The van der Waals surface area contributed by atoms with Crippen molar-refractivity contribution in [2.24, 2.45) is 0 Å². The Morgan fingerprint density at radius 3 is 3.21 bits per heavy atom. The number of hydrogen-bond acceptors (Lipinski definition) is 2. The fourth-order valence-corrected chi connectivity index (χ4v) is 2.83. The van der Waals surface area contributed by atoms with E-state index in [0.29, 0.717) is 6.00 Å². The zero-order valence-corrected chi connectivity index (χ0v) is 9.63. The maximum atomic E-state index is 5.58. The number of alkyl halides is 1. The molecule has 0 atom stereocenters. The number of hydrogen-bond donors (Lipinski definition) is 1. The Bertz CT molecular complexity index is 314. The Morgan fingerprint density at radius 2 is 2.36 bits per heavy atom. The van der Waals surface area contributed by atoms with E-state index in [1.807, 2.05) is 11.8 Å². The van der Waals surface area contributed by atoms with Crippen LogP contribution in [-0.4, -0.2) is 11.8 Å². The highest BCUT2D eigenvalue weighted by Gasteiger charge is 2.09. The number of thioether (sulfide) groups is 1. The molecule has 14 heavy (non-hydrogen) atoms. The van der Waals surface area contributed by atoms with Crippen LogP contribution in [0.15, 0.2) is 23.1 Å². The van der Waals surface area contributed by atoms with Gasteiger partial charge in [-0.3, -0.25) is 5.32 Å². The van der Waals surface area contributed by atoms with Crippen LogP contribution in [0, 0.1) is 0 Å². The quantitative estimate of drug-likeness (QED) is 0.630. The number of nitrogens with one attached hydrogen (secondary N) is 1. The largest absolute Gasteiger partial charge is 0.300 e. The van der Waals surface area contributed by atoms with Crippen LogP contribution in [0.5, 0.6) is 0 Å². The highest BCUT2D eigenvalue weighted by molar-refractivity contribution is 7.99. The van der Waals surface area contributed by atoms with Crippen LogP contribution in [0.4, 0.5) is 0 Å². The van der Waals surface area contributed by atoms with E-state index in [1.165, 1.54) is 34.6 Å². The highest BCUT2D eigenvalue weighted by atomic mass is 35.5. The molecule has 0 bridgehead atoms. The van der Waals surface area contributed by atoms with Gasteiger partial charge in [0.1, 0.15) is 0 Å². The van der Waals surface area contributed by atoms with E-state index in [9.17, 15) is 0 Å². The molecule has 0 amide bonds. The van der Waals surface area contributed by atoms with Gasteiger partial charge in [-0.25, -0.2) is 0 Å². The topological polar surface area (TPSA) is 12.0 Å². The van der Waals surface area contributed by atoms with Gasteiger partial charge < -0.3 is 0 Å². The van der Waals surface area contributed by atoms with E-state index in [4.69, 9.17) is 11.6 Å². The van der Waals surface area contributed by atoms with Crippen molar-refractivity contribution in [3.63, 3.8) is 0 Å². The van der Waals surface area contributed by atoms with Crippen molar-refractivity contribution in [1.82, 2.24) is 5.32 Å². The summed E-state index contributed by atoms with van der Waals surface area (Å²) in [6.45, 7) is 0.876. The molecule has 0 saturated heterocycles. The zero-order valence-electron chi connectivity index (χ0n) is 8.05. The van der Waals surface area contributed by atoms with E-state index in [2.05, 4.69) is 23.5 Å². The van der Waals surface area contributed by atoms with Crippen LogP contribution in [0.25, 0.3) is 0 Å². The Balaban J connectivity index is 2.12. The molecule has 0 aromatic heterocycles. The smallest absolute Gasteiger partial charge is 0.0716 e. The highest BCUT2D eigenvalue weighted by Crippen LogP contribution is 2.30. The molecule has 1 aromatic rings. The van der Waals surface area contributed by atoms with Crippen molar-refractivity contribution in [1.29, 1.82) is 0 Å². The van der Waals surface area contributed by atoms with Crippen molar-refractivity contribution >= 4 is 23.4 Å². The van der Waals surface area contributed by atoms with E-state index in [0.717, 1.165) is 6.54 Å². The van der Waals surface area contributed by atoms with Crippen LogP contribution in [-0.2, 0) is 13.0 Å². The normalized spacial score (nSPS) is 15.2. The predicted octanol–water partition coefficient (Wildman–Crippen LogP) is 3.01. The SMILES string of the molecule is ClCNCc1ccc2c(c1)CCCS2. The van der Waals surface area contributed by atoms with Gasteiger partial charge in [0, 0.05) is 11.4 Å². The number of fused-ring (bicyclic) bond motifs is 1. The minimum absolute atomic E-state index is 0.520. The number of aryl methyl sites for hydroxylation is 1. The third-order valence-electron chi connectivity index (χ3n) is 2.40. The lowest BCUT2D eigenvalue weighted by atomic mass is 10.1.